The maximum absolute atomic E-state index is 6.17. The van der Waals surface area contributed by atoms with Crippen molar-refractivity contribution in [2.75, 3.05) is 12.1 Å². The number of nitrogens with zero attached hydrogens (tertiary/aromatic N) is 4. The summed E-state index contributed by atoms with van der Waals surface area (Å²) in [5.74, 6) is 2.87. The van der Waals surface area contributed by atoms with E-state index in [1.165, 1.54) is 0 Å². The van der Waals surface area contributed by atoms with Crippen LogP contribution < -0.4 is 14.8 Å². The summed E-state index contributed by atoms with van der Waals surface area (Å²) in [4.78, 5) is 0. The normalized spacial score (nSPS) is 17.8. The van der Waals surface area contributed by atoms with Crippen LogP contribution in [0.15, 0.2) is 64.7 Å². The van der Waals surface area contributed by atoms with Crippen molar-refractivity contribution in [3.05, 3.63) is 76.1 Å². The van der Waals surface area contributed by atoms with Crippen LogP contribution in [0.25, 0.3) is 5.65 Å². The summed E-state index contributed by atoms with van der Waals surface area (Å²) < 4.78 is 12.5. The molecule has 29 heavy (non-hydrogen) atoms. The Labute approximate surface area is 176 Å². The Kier molecular flexibility index (Phi) is 4.61. The quantitative estimate of drug-likeness (QED) is 0.676. The molecule has 146 valence electrons. The third kappa shape index (κ3) is 3.79. The Morgan fingerprint density at radius 2 is 1.97 bits per heavy atom. The number of hydrogen-bond donors (Lipinski definition) is 1. The van der Waals surface area contributed by atoms with E-state index in [0.29, 0.717) is 28.0 Å². The van der Waals surface area contributed by atoms with E-state index in [0.717, 1.165) is 22.9 Å². The van der Waals surface area contributed by atoms with Crippen molar-refractivity contribution < 1.29 is 9.47 Å². The SMILES string of the molecule is ClC1=CC(Cl)=CC(Nc2ccc3nnc(Cc4ccc5c(c4)OCO5)n3n2)C=C1. The Balaban J connectivity index is 1.40. The first-order valence-corrected chi connectivity index (χ1v) is 9.69. The minimum atomic E-state index is -0.145. The third-order valence-corrected chi connectivity index (χ3v) is 4.99. The molecule has 9 heteroatoms. The lowest BCUT2D eigenvalue weighted by molar-refractivity contribution is 0.174. The molecule has 0 spiro atoms. The number of anilines is 1. The van der Waals surface area contributed by atoms with Crippen LogP contribution in [0.5, 0.6) is 11.5 Å². The predicted molar refractivity (Wildman–Crippen MR) is 111 cm³/mol. The minimum absolute atomic E-state index is 0.145. The second-order valence-electron chi connectivity index (χ2n) is 6.58. The highest BCUT2D eigenvalue weighted by Gasteiger charge is 2.15. The summed E-state index contributed by atoms with van der Waals surface area (Å²) in [5, 5.41) is 17.6. The first-order valence-electron chi connectivity index (χ1n) is 8.93. The van der Waals surface area contributed by atoms with Gasteiger partial charge in [-0.15, -0.1) is 15.3 Å². The van der Waals surface area contributed by atoms with E-state index in [1.54, 1.807) is 16.7 Å². The largest absolute Gasteiger partial charge is 0.454 e. The molecule has 5 rings (SSSR count). The zero-order chi connectivity index (χ0) is 19.8. The molecule has 2 aromatic heterocycles. The molecule has 1 atom stereocenters. The number of nitrogens with one attached hydrogen (secondary N) is 1. The smallest absolute Gasteiger partial charge is 0.231 e. The topological polar surface area (TPSA) is 73.6 Å². The van der Waals surface area contributed by atoms with Crippen molar-refractivity contribution in [1.29, 1.82) is 0 Å². The molecule has 0 bridgehead atoms. The van der Waals surface area contributed by atoms with Gasteiger partial charge in [0.1, 0.15) is 5.82 Å². The zero-order valence-corrected chi connectivity index (χ0v) is 16.6. The maximum atomic E-state index is 6.17. The molecule has 0 saturated carbocycles. The van der Waals surface area contributed by atoms with Crippen LogP contribution >= 0.6 is 23.2 Å². The van der Waals surface area contributed by atoms with Crippen LogP contribution in [0.3, 0.4) is 0 Å². The van der Waals surface area contributed by atoms with Crippen molar-refractivity contribution in [2.24, 2.45) is 0 Å². The number of hydrogen-bond acceptors (Lipinski definition) is 6. The van der Waals surface area contributed by atoms with Crippen molar-refractivity contribution in [3.8, 4) is 11.5 Å². The lowest BCUT2D eigenvalue weighted by atomic mass is 10.1. The summed E-state index contributed by atoms with van der Waals surface area (Å²) in [6.07, 6.45) is 7.83. The van der Waals surface area contributed by atoms with Gasteiger partial charge in [0.05, 0.1) is 6.04 Å². The van der Waals surface area contributed by atoms with Gasteiger partial charge in [0.15, 0.2) is 23.0 Å². The van der Waals surface area contributed by atoms with Gasteiger partial charge >= 0.3 is 0 Å². The molecule has 0 amide bonds. The van der Waals surface area contributed by atoms with Crippen LogP contribution in [-0.2, 0) is 6.42 Å². The highest BCUT2D eigenvalue weighted by atomic mass is 35.5. The molecule has 1 aliphatic carbocycles. The van der Waals surface area contributed by atoms with Crippen molar-refractivity contribution in [2.45, 2.75) is 12.5 Å². The minimum Gasteiger partial charge on any atom is -0.454 e. The predicted octanol–water partition coefficient (Wildman–Crippen LogP) is 4.04. The van der Waals surface area contributed by atoms with Gasteiger partial charge < -0.3 is 14.8 Å². The number of ether oxygens (including phenoxy) is 2. The molecular formula is C20H15Cl2N5O2. The average Bonchev–Trinajstić information content (AvgIpc) is 3.28. The number of benzene rings is 1. The van der Waals surface area contributed by atoms with E-state index < -0.39 is 0 Å². The molecule has 1 N–H and O–H groups in total. The van der Waals surface area contributed by atoms with Gasteiger partial charge in [-0.05, 0) is 48.1 Å². The Hall–Kier alpha value is -3.03. The monoisotopic (exact) mass is 427 g/mol. The Morgan fingerprint density at radius 1 is 1.07 bits per heavy atom. The lowest BCUT2D eigenvalue weighted by Gasteiger charge is -2.11. The number of halogens is 2. The maximum Gasteiger partial charge on any atom is 0.231 e. The van der Waals surface area contributed by atoms with Gasteiger partial charge in [-0.25, -0.2) is 0 Å². The van der Waals surface area contributed by atoms with Crippen LogP contribution in [0.2, 0.25) is 0 Å². The van der Waals surface area contributed by atoms with Crippen LogP contribution in [-0.4, -0.2) is 32.6 Å². The number of fused-ring (bicyclic) bond motifs is 2. The van der Waals surface area contributed by atoms with E-state index in [-0.39, 0.29) is 12.8 Å². The molecule has 1 aromatic carbocycles. The van der Waals surface area contributed by atoms with Gasteiger partial charge in [0.2, 0.25) is 6.79 Å². The van der Waals surface area contributed by atoms with Gasteiger partial charge in [0.25, 0.3) is 0 Å². The van der Waals surface area contributed by atoms with Crippen molar-refractivity contribution in [3.63, 3.8) is 0 Å². The highest BCUT2D eigenvalue weighted by Crippen LogP contribution is 2.33. The standard InChI is InChI=1S/C20H15Cl2N5O2/c21-13-2-3-15(10-14(22)9-13)23-18-5-6-19-24-25-20(27(19)26-18)8-12-1-4-16-17(7-12)29-11-28-16/h1-7,9-10,15H,8,11H2,(H,23,26). The molecular weight excluding hydrogens is 413 g/mol. The highest BCUT2D eigenvalue weighted by molar-refractivity contribution is 6.35. The summed E-state index contributed by atoms with van der Waals surface area (Å²) in [6, 6.07) is 9.40. The lowest BCUT2D eigenvalue weighted by Crippen LogP contribution is -2.16. The third-order valence-electron chi connectivity index (χ3n) is 4.52. The molecule has 1 unspecified atom stereocenters. The van der Waals surface area contributed by atoms with Crippen LogP contribution in [0, 0.1) is 0 Å². The second kappa shape index (κ2) is 7.42. The molecule has 1 aliphatic heterocycles. The molecule has 0 fully saturated rings. The second-order valence-corrected chi connectivity index (χ2v) is 7.45. The molecule has 0 saturated heterocycles. The van der Waals surface area contributed by atoms with Gasteiger partial charge in [-0.1, -0.05) is 35.3 Å². The fourth-order valence-corrected chi connectivity index (χ4v) is 3.66. The molecule has 0 radical (unpaired) electrons. The van der Waals surface area contributed by atoms with Crippen molar-refractivity contribution >= 4 is 34.7 Å². The van der Waals surface area contributed by atoms with Gasteiger partial charge in [-0.3, -0.25) is 0 Å². The van der Waals surface area contributed by atoms with E-state index in [1.807, 2.05) is 42.5 Å². The van der Waals surface area contributed by atoms with Crippen LogP contribution in [0.1, 0.15) is 11.4 Å². The molecule has 2 aliphatic rings. The first kappa shape index (κ1) is 18.0. The summed E-state index contributed by atoms with van der Waals surface area (Å²) >= 11 is 12.2. The first-order chi connectivity index (χ1) is 14.1. The zero-order valence-electron chi connectivity index (χ0n) is 15.0. The Bertz CT molecular complexity index is 1180. The number of rotatable bonds is 4. The Morgan fingerprint density at radius 3 is 2.90 bits per heavy atom. The number of aromatic nitrogens is 4. The summed E-state index contributed by atoms with van der Waals surface area (Å²) in [5.41, 5.74) is 1.70. The molecule has 3 heterocycles. The van der Waals surface area contributed by atoms with Gasteiger partial charge in [0, 0.05) is 16.5 Å². The molecule has 7 nitrogen and oxygen atoms in total. The van der Waals surface area contributed by atoms with Crippen molar-refractivity contribution in [1.82, 2.24) is 19.8 Å². The molecule has 3 aromatic rings. The summed E-state index contributed by atoms with van der Waals surface area (Å²) in [6.45, 7) is 0.248. The van der Waals surface area contributed by atoms with E-state index in [4.69, 9.17) is 32.7 Å². The van der Waals surface area contributed by atoms with E-state index in [9.17, 15) is 0 Å². The van der Waals surface area contributed by atoms with E-state index >= 15 is 0 Å². The fraction of sp³-hybridized carbons (Fsp3) is 0.150. The van der Waals surface area contributed by atoms with E-state index in [2.05, 4.69) is 20.6 Å². The van der Waals surface area contributed by atoms with Gasteiger partial charge in [-0.2, -0.15) is 4.52 Å². The number of allylic oxidation sites excluding steroid dienone is 4. The average molecular weight is 428 g/mol. The van der Waals surface area contributed by atoms with Crippen LogP contribution in [0.4, 0.5) is 5.82 Å². The fourth-order valence-electron chi connectivity index (χ4n) is 3.17. The summed E-state index contributed by atoms with van der Waals surface area (Å²) in [7, 11) is 0.